The minimum absolute atomic E-state index is 0.264. The van der Waals surface area contributed by atoms with Crippen LogP contribution in [0, 0.1) is 26.7 Å². The first-order chi connectivity index (χ1) is 10.2. The van der Waals surface area contributed by atoms with Crippen molar-refractivity contribution in [3.05, 3.63) is 28.8 Å². The summed E-state index contributed by atoms with van der Waals surface area (Å²) in [6.45, 7) is 5.50. The van der Waals surface area contributed by atoms with Crippen LogP contribution in [0.5, 0.6) is 0 Å². The van der Waals surface area contributed by atoms with Crippen molar-refractivity contribution < 1.29 is 13.2 Å². The average Bonchev–Trinajstić information content (AvgIpc) is 2.88. The standard InChI is InChI=1S/C17H25NO3S/c1-12-9-13(2)17(14(3)10-12)22(20,21)18(4)16(19)11-15-7-5-6-8-15/h9-10,15H,5-8,11H2,1-4H3. The smallest absolute Gasteiger partial charge is 0.266 e. The van der Waals surface area contributed by atoms with Gasteiger partial charge < -0.3 is 0 Å². The van der Waals surface area contributed by atoms with E-state index in [0.717, 1.165) is 35.6 Å². The Bertz CT molecular complexity index is 650. The molecule has 0 unspecified atom stereocenters. The molecule has 5 heteroatoms. The number of hydrogen-bond acceptors (Lipinski definition) is 3. The topological polar surface area (TPSA) is 54.5 Å². The van der Waals surface area contributed by atoms with Gasteiger partial charge in [0.05, 0.1) is 4.90 Å². The normalized spacial score (nSPS) is 16.0. The van der Waals surface area contributed by atoms with Gasteiger partial charge in [-0.05, 0) is 50.7 Å². The van der Waals surface area contributed by atoms with Crippen molar-refractivity contribution in [3.8, 4) is 0 Å². The summed E-state index contributed by atoms with van der Waals surface area (Å²) < 4.78 is 26.6. The van der Waals surface area contributed by atoms with Crippen LogP contribution in [0.25, 0.3) is 0 Å². The summed E-state index contributed by atoms with van der Waals surface area (Å²) in [5, 5.41) is 0. The first-order valence-corrected chi connectivity index (χ1v) is 9.27. The monoisotopic (exact) mass is 323 g/mol. The van der Waals surface area contributed by atoms with Gasteiger partial charge in [0.2, 0.25) is 5.91 Å². The Morgan fingerprint density at radius 2 is 1.64 bits per heavy atom. The molecule has 1 aliphatic carbocycles. The zero-order valence-corrected chi connectivity index (χ0v) is 14.7. The number of rotatable bonds is 4. The van der Waals surface area contributed by atoms with Crippen LogP contribution in [0.4, 0.5) is 0 Å². The van der Waals surface area contributed by atoms with Gasteiger partial charge in [0.25, 0.3) is 10.0 Å². The summed E-state index contributed by atoms with van der Waals surface area (Å²) in [7, 11) is -2.39. The summed E-state index contributed by atoms with van der Waals surface area (Å²) in [6, 6.07) is 3.68. The second-order valence-corrected chi connectivity index (χ2v) is 8.35. The number of sulfonamides is 1. The van der Waals surface area contributed by atoms with Crippen molar-refractivity contribution >= 4 is 15.9 Å². The van der Waals surface area contributed by atoms with Gasteiger partial charge in [-0.25, -0.2) is 12.7 Å². The predicted octanol–water partition coefficient (Wildman–Crippen LogP) is 3.34. The Kier molecular flexibility index (Phi) is 4.95. The first kappa shape index (κ1) is 17.0. The summed E-state index contributed by atoms with van der Waals surface area (Å²) in [5.74, 6) is 0.0386. The molecule has 0 heterocycles. The maximum absolute atomic E-state index is 12.8. The highest BCUT2D eigenvalue weighted by molar-refractivity contribution is 7.89. The third kappa shape index (κ3) is 3.35. The van der Waals surface area contributed by atoms with Crippen LogP contribution in [0.3, 0.4) is 0 Å². The Hall–Kier alpha value is -1.36. The largest absolute Gasteiger partial charge is 0.274 e. The van der Waals surface area contributed by atoms with Gasteiger partial charge in [0.1, 0.15) is 0 Å². The molecule has 0 atom stereocenters. The van der Waals surface area contributed by atoms with E-state index in [1.54, 1.807) is 13.8 Å². The molecule has 0 aromatic heterocycles. The summed E-state index contributed by atoms with van der Waals surface area (Å²) in [4.78, 5) is 12.6. The number of hydrogen-bond donors (Lipinski definition) is 0. The minimum Gasteiger partial charge on any atom is -0.274 e. The summed E-state index contributed by atoms with van der Waals surface area (Å²) in [5.41, 5.74) is 2.41. The summed E-state index contributed by atoms with van der Waals surface area (Å²) >= 11 is 0. The van der Waals surface area contributed by atoms with Crippen molar-refractivity contribution in [2.24, 2.45) is 5.92 Å². The fraction of sp³-hybridized carbons (Fsp3) is 0.588. The number of benzene rings is 1. The van der Waals surface area contributed by atoms with Crippen molar-refractivity contribution in [1.82, 2.24) is 4.31 Å². The van der Waals surface area contributed by atoms with Crippen LogP contribution in [0.2, 0.25) is 0 Å². The third-order valence-electron chi connectivity index (χ3n) is 4.51. The van der Waals surface area contributed by atoms with Gasteiger partial charge in [-0.15, -0.1) is 0 Å². The zero-order chi connectivity index (χ0) is 16.5. The van der Waals surface area contributed by atoms with Gasteiger partial charge in [0.15, 0.2) is 0 Å². The fourth-order valence-corrected chi connectivity index (χ4v) is 4.98. The third-order valence-corrected chi connectivity index (χ3v) is 6.60. The van der Waals surface area contributed by atoms with E-state index in [-0.39, 0.29) is 10.8 Å². The molecular formula is C17H25NO3S. The van der Waals surface area contributed by atoms with Crippen molar-refractivity contribution in [2.45, 2.75) is 57.8 Å². The van der Waals surface area contributed by atoms with Gasteiger partial charge in [-0.1, -0.05) is 30.5 Å². The maximum atomic E-state index is 12.8. The fourth-order valence-electron chi connectivity index (χ4n) is 3.43. The molecule has 0 aliphatic heterocycles. The molecule has 4 nitrogen and oxygen atoms in total. The lowest BCUT2D eigenvalue weighted by atomic mass is 10.0. The minimum atomic E-state index is -3.77. The highest BCUT2D eigenvalue weighted by Gasteiger charge is 2.30. The predicted molar refractivity (Wildman–Crippen MR) is 87.2 cm³/mol. The van der Waals surface area contributed by atoms with E-state index >= 15 is 0 Å². The first-order valence-electron chi connectivity index (χ1n) is 7.83. The van der Waals surface area contributed by atoms with Gasteiger partial charge >= 0.3 is 0 Å². The van der Waals surface area contributed by atoms with Crippen LogP contribution in [0.15, 0.2) is 17.0 Å². The number of carbonyl (C=O) groups is 1. The molecule has 1 aromatic rings. The molecule has 0 N–H and O–H groups in total. The molecule has 122 valence electrons. The molecule has 0 bridgehead atoms. The van der Waals surface area contributed by atoms with Crippen molar-refractivity contribution in [2.75, 3.05) is 7.05 Å². The second-order valence-electron chi connectivity index (χ2n) is 6.45. The molecule has 1 aliphatic rings. The van der Waals surface area contributed by atoms with Crippen LogP contribution < -0.4 is 0 Å². The molecule has 1 amide bonds. The lowest BCUT2D eigenvalue weighted by molar-refractivity contribution is -0.126. The molecule has 0 radical (unpaired) electrons. The van der Waals surface area contributed by atoms with E-state index in [4.69, 9.17) is 0 Å². The van der Waals surface area contributed by atoms with E-state index in [2.05, 4.69) is 0 Å². The Morgan fingerprint density at radius 3 is 2.14 bits per heavy atom. The van der Waals surface area contributed by atoms with Crippen LogP contribution in [-0.2, 0) is 14.8 Å². The molecule has 1 fully saturated rings. The molecule has 22 heavy (non-hydrogen) atoms. The Balaban J connectivity index is 2.27. The average molecular weight is 323 g/mol. The highest BCUT2D eigenvalue weighted by atomic mass is 32.2. The number of aryl methyl sites for hydroxylation is 3. The Morgan fingerprint density at radius 1 is 1.14 bits per heavy atom. The lowest BCUT2D eigenvalue weighted by Gasteiger charge is -2.22. The van der Waals surface area contributed by atoms with Gasteiger partial charge in [-0.2, -0.15) is 0 Å². The number of carbonyl (C=O) groups excluding carboxylic acids is 1. The molecule has 1 saturated carbocycles. The second kappa shape index (κ2) is 6.41. The van der Waals surface area contributed by atoms with Gasteiger partial charge in [-0.3, -0.25) is 4.79 Å². The van der Waals surface area contributed by atoms with E-state index in [0.29, 0.717) is 23.5 Å². The number of amides is 1. The highest BCUT2D eigenvalue weighted by Crippen LogP contribution is 2.30. The zero-order valence-electron chi connectivity index (χ0n) is 13.8. The van der Waals surface area contributed by atoms with E-state index in [1.165, 1.54) is 7.05 Å². The van der Waals surface area contributed by atoms with E-state index in [9.17, 15) is 13.2 Å². The van der Waals surface area contributed by atoms with Crippen molar-refractivity contribution in [3.63, 3.8) is 0 Å². The SMILES string of the molecule is Cc1cc(C)c(S(=O)(=O)N(C)C(=O)CC2CCCC2)c(C)c1. The molecule has 0 spiro atoms. The maximum Gasteiger partial charge on any atom is 0.266 e. The van der Waals surface area contributed by atoms with Crippen LogP contribution in [0.1, 0.15) is 48.8 Å². The Labute approximate surface area is 133 Å². The number of nitrogens with zero attached hydrogens (tertiary/aromatic N) is 1. The lowest BCUT2D eigenvalue weighted by Crippen LogP contribution is -2.35. The molecular weight excluding hydrogens is 298 g/mol. The van der Waals surface area contributed by atoms with E-state index < -0.39 is 10.0 Å². The quantitative estimate of drug-likeness (QED) is 0.854. The summed E-state index contributed by atoms with van der Waals surface area (Å²) in [6.07, 6.45) is 4.68. The van der Waals surface area contributed by atoms with Gasteiger partial charge in [0, 0.05) is 13.5 Å². The van der Waals surface area contributed by atoms with Crippen LogP contribution >= 0.6 is 0 Å². The molecule has 0 saturated heterocycles. The van der Waals surface area contributed by atoms with Crippen LogP contribution in [-0.4, -0.2) is 25.7 Å². The van der Waals surface area contributed by atoms with E-state index in [1.807, 2.05) is 19.1 Å². The molecule has 1 aromatic carbocycles. The molecule has 2 rings (SSSR count). The van der Waals surface area contributed by atoms with Crippen molar-refractivity contribution in [1.29, 1.82) is 0 Å².